The minimum atomic E-state index is 0.0186. The summed E-state index contributed by atoms with van der Waals surface area (Å²) in [6.45, 7) is 5.05. The number of rotatable bonds is 5. The van der Waals surface area contributed by atoms with E-state index in [9.17, 15) is 4.79 Å². The molecule has 1 aliphatic heterocycles. The maximum atomic E-state index is 12.6. The maximum absolute atomic E-state index is 12.6. The molecule has 158 valence electrons. The average molecular weight is 415 g/mol. The molecule has 0 N–H and O–H groups in total. The Bertz CT molecular complexity index is 1080. The summed E-state index contributed by atoms with van der Waals surface area (Å²) in [7, 11) is 0. The van der Waals surface area contributed by atoms with E-state index >= 15 is 0 Å². The van der Waals surface area contributed by atoms with Crippen LogP contribution in [0.5, 0.6) is 0 Å². The average Bonchev–Trinajstić information content (AvgIpc) is 3.37. The molecule has 0 radical (unpaired) electrons. The van der Waals surface area contributed by atoms with E-state index < -0.39 is 0 Å². The van der Waals surface area contributed by atoms with Gasteiger partial charge in [-0.25, -0.2) is 9.97 Å². The summed E-state index contributed by atoms with van der Waals surface area (Å²) < 4.78 is 5.86. The fraction of sp³-hybridized carbons (Fsp3) is 0.320. The lowest BCUT2D eigenvalue weighted by Crippen LogP contribution is -2.48. The van der Waals surface area contributed by atoms with Crippen LogP contribution in [0.25, 0.3) is 17.5 Å². The summed E-state index contributed by atoms with van der Waals surface area (Å²) in [5.41, 5.74) is 1.00. The van der Waals surface area contributed by atoms with Gasteiger partial charge in [-0.05, 0) is 36.6 Å². The first-order chi connectivity index (χ1) is 15.2. The molecular weight excluding hydrogens is 388 g/mol. The quantitative estimate of drug-likeness (QED) is 0.585. The minimum absolute atomic E-state index is 0.0186. The van der Waals surface area contributed by atoms with Crippen molar-refractivity contribution in [3.8, 4) is 11.4 Å². The van der Waals surface area contributed by atoms with Crippen LogP contribution in [0.1, 0.15) is 30.8 Å². The Labute approximate surface area is 182 Å². The molecule has 3 aromatic rings. The summed E-state index contributed by atoms with van der Waals surface area (Å²) in [6, 6.07) is 15.9. The Hall–Kier alpha value is -3.41. The second-order valence-corrected chi connectivity index (χ2v) is 8.31. The minimum Gasteiger partial charge on any atom is -0.461 e. The second kappa shape index (κ2) is 8.38. The number of anilines is 1. The van der Waals surface area contributed by atoms with E-state index in [2.05, 4.69) is 16.8 Å². The highest BCUT2D eigenvalue weighted by atomic mass is 16.3. The first-order valence-corrected chi connectivity index (χ1v) is 10.9. The zero-order chi connectivity index (χ0) is 21.2. The molecule has 1 amide bonds. The SMILES string of the molecule is CC1CC1c1ccc(/C=C/C(=O)N2CCN(c3ccnc(-c4ccccc4)n3)CC2)o1. The maximum Gasteiger partial charge on any atom is 0.246 e. The van der Waals surface area contributed by atoms with Crippen LogP contribution < -0.4 is 4.90 Å². The van der Waals surface area contributed by atoms with Gasteiger partial charge in [0.05, 0.1) is 0 Å². The zero-order valence-electron chi connectivity index (χ0n) is 17.6. The summed E-state index contributed by atoms with van der Waals surface area (Å²) >= 11 is 0. The number of benzene rings is 1. The lowest BCUT2D eigenvalue weighted by Gasteiger charge is -2.35. The number of amides is 1. The van der Waals surface area contributed by atoms with Gasteiger partial charge in [0.1, 0.15) is 17.3 Å². The largest absolute Gasteiger partial charge is 0.461 e. The molecule has 2 fully saturated rings. The van der Waals surface area contributed by atoms with E-state index in [4.69, 9.17) is 9.40 Å². The van der Waals surface area contributed by atoms with Crippen LogP contribution in [0.2, 0.25) is 0 Å². The standard InChI is InChI=1S/C25H26N4O2/c1-18-17-21(18)22-9-7-20(31-22)8-10-24(30)29-15-13-28(14-16-29)23-11-12-26-25(27-23)19-5-3-2-4-6-19/h2-12,18,21H,13-17H2,1H3/b10-8+. The van der Waals surface area contributed by atoms with E-state index in [1.807, 2.05) is 53.4 Å². The van der Waals surface area contributed by atoms with Crippen molar-refractivity contribution in [2.45, 2.75) is 19.3 Å². The second-order valence-electron chi connectivity index (χ2n) is 8.31. The highest BCUT2D eigenvalue weighted by molar-refractivity contribution is 5.91. The van der Waals surface area contributed by atoms with Gasteiger partial charge in [0, 0.05) is 49.9 Å². The van der Waals surface area contributed by atoms with Crippen molar-refractivity contribution >= 4 is 17.8 Å². The Morgan fingerprint density at radius 2 is 1.84 bits per heavy atom. The fourth-order valence-corrected chi connectivity index (χ4v) is 4.04. The van der Waals surface area contributed by atoms with Crippen molar-refractivity contribution in [1.82, 2.24) is 14.9 Å². The van der Waals surface area contributed by atoms with Gasteiger partial charge < -0.3 is 14.2 Å². The summed E-state index contributed by atoms with van der Waals surface area (Å²) in [5.74, 6) is 4.68. The molecule has 1 aliphatic carbocycles. The van der Waals surface area contributed by atoms with Crippen LogP contribution in [-0.2, 0) is 4.79 Å². The van der Waals surface area contributed by atoms with Crippen molar-refractivity contribution in [2.24, 2.45) is 5.92 Å². The summed E-state index contributed by atoms with van der Waals surface area (Å²) in [6.07, 6.45) is 6.39. The molecule has 0 spiro atoms. The number of furan rings is 1. The number of carbonyl (C=O) groups excluding carboxylic acids is 1. The molecule has 0 bridgehead atoms. The third-order valence-corrected chi connectivity index (χ3v) is 6.10. The van der Waals surface area contributed by atoms with Gasteiger partial charge in [0.25, 0.3) is 0 Å². The van der Waals surface area contributed by atoms with Crippen LogP contribution in [0.4, 0.5) is 5.82 Å². The number of hydrogen-bond acceptors (Lipinski definition) is 5. The van der Waals surface area contributed by atoms with Crippen LogP contribution in [0.15, 0.2) is 65.2 Å². The third-order valence-electron chi connectivity index (χ3n) is 6.10. The third kappa shape index (κ3) is 4.38. The first-order valence-electron chi connectivity index (χ1n) is 10.9. The molecule has 3 heterocycles. The number of nitrogens with zero attached hydrogens (tertiary/aromatic N) is 4. The molecular formula is C25H26N4O2. The molecule has 2 unspecified atom stereocenters. The monoisotopic (exact) mass is 414 g/mol. The van der Waals surface area contributed by atoms with E-state index in [1.165, 1.54) is 6.42 Å². The molecule has 2 aromatic heterocycles. The van der Waals surface area contributed by atoms with Crippen molar-refractivity contribution in [3.63, 3.8) is 0 Å². The fourth-order valence-electron chi connectivity index (χ4n) is 4.04. The van der Waals surface area contributed by atoms with Crippen LogP contribution in [0.3, 0.4) is 0 Å². The van der Waals surface area contributed by atoms with Gasteiger partial charge in [-0.15, -0.1) is 0 Å². The normalized spacial score (nSPS) is 20.9. The van der Waals surface area contributed by atoms with Crippen LogP contribution in [0, 0.1) is 5.92 Å². The molecule has 2 aliphatic rings. The Balaban J connectivity index is 1.18. The molecule has 1 aromatic carbocycles. The molecule has 1 saturated carbocycles. The Morgan fingerprint density at radius 1 is 1.06 bits per heavy atom. The van der Waals surface area contributed by atoms with E-state index in [1.54, 1.807) is 18.3 Å². The van der Waals surface area contributed by atoms with Gasteiger partial charge in [-0.2, -0.15) is 0 Å². The zero-order valence-corrected chi connectivity index (χ0v) is 17.6. The smallest absolute Gasteiger partial charge is 0.246 e. The Morgan fingerprint density at radius 3 is 2.58 bits per heavy atom. The predicted octanol–water partition coefficient (Wildman–Crippen LogP) is 4.22. The van der Waals surface area contributed by atoms with Gasteiger partial charge >= 0.3 is 0 Å². The lowest BCUT2D eigenvalue weighted by molar-refractivity contribution is -0.126. The van der Waals surface area contributed by atoms with Crippen molar-refractivity contribution < 1.29 is 9.21 Å². The molecule has 2 atom stereocenters. The molecule has 31 heavy (non-hydrogen) atoms. The molecule has 6 heteroatoms. The van der Waals surface area contributed by atoms with E-state index in [-0.39, 0.29) is 5.91 Å². The number of aromatic nitrogens is 2. The van der Waals surface area contributed by atoms with Gasteiger partial charge in [0.2, 0.25) is 5.91 Å². The van der Waals surface area contributed by atoms with Crippen molar-refractivity contribution in [2.75, 3.05) is 31.1 Å². The van der Waals surface area contributed by atoms with Crippen molar-refractivity contribution in [1.29, 1.82) is 0 Å². The number of hydrogen-bond donors (Lipinski definition) is 0. The first kappa shape index (κ1) is 19.5. The molecule has 6 nitrogen and oxygen atoms in total. The van der Waals surface area contributed by atoms with Gasteiger partial charge in [-0.1, -0.05) is 37.3 Å². The topological polar surface area (TPSA) is 62.5 Å². The Kier molecular flexibility index (Phi) is 5.28. The van der Waals surface area contributed by atoms with Gasteiger partial charge in [0.15, 0.2) is 5.82 Å². The van der Waals surface area contributed by atoms with Crippen LogP contribution >= 0.6 is 0 Å². The summed E-state index contributed by atoms with van der Waals surface area (Å²) in [4.78, 5) is 25.8. The highest BCUT2D eigenvalue weighted by Crippen LogP contribution is 2.47. The number of carbonyl (C=O) groups is 1. The summed E-state index contributed by atoms with van der Waals surface area (Å²) in [5, 5.41) is 0. The van der Waals surface area contributed by atoms with E-state index in [0.717, 1.165) is 41.8 Å². The highest BCUT2D eigenvalue weighted by Gasteiger charge is 2.36. The van der Waals surface area contributed by atoms with E-state index in [0.29, 0.717) is 24.9 Å². The number of piperazine rings is 1. The van der Waals surface area contributed by atoms with Crippen LogP contribution in [-0.4, -0.2) is 47.0 Å². The molecule has 5 rings (SSSR count). The van der Waals surface area contributed by atoms with Gasteiger partial charge in [-0.3, -0.25) is 4.79 Å². The predicted molar refractivity (Wildman–Crippen MR) is 121 cm³/mol. The lowest BCUT2D eigenvalue weighted by atomic mass is 10.2. The molecule has 1 saturated heterocycles. The van der Waals surface area contributed by atoms with Crippen molar-refractivity contribution in [3.05, 3.63) is 72.3 Å².